The van der Waals surface area contributed by atoms with E-state index in [1.807, 2.05) is 0 Å². The lowest BCUT2D eigenvalue weighted by atomic mass is 10.0. The SMILES string of the molecule is CCCCCC/C=C/CCCCCCCC(=O)O[C@H](COC(=O)CCCCCCCCCCCCCCCCCCCCCCCC)COP(=O)(O)OC[C@H](O)CO. The van der Waals surface area contributed by atoms with Gasteiger partial charge in [0.1, 0.15) is 12.7 Å². The van der Waals surface area contributed by atoms with Crippen LogP contribution in [0.1, 0.15) is 239 Å². The summed E-state index contributed by atoms with van der Waals surface area (Å²) in [6.07, 6.45) is 43.3. The first kappa shape index (κ1) is 56.7. The van der Waals surface area contributed by atoms with Crippen molar-refractivity contribution in [3.05, 3.63) is 12.2 Å². The molecule has 0 saturated carbocycles. The predicted molar refractivity (Wildman–Crippen MR) is 238 cm³/mol. The number of carbonyl (C=O) groups excluding carboxylic acids is 2. The lowest BCUT2D eigenvalue weighted by molar-refractivity contribution is -0.161. The Morgan fingerprint density at radius 1 is 0.500 bits per heavy atom. The summed E-state index contributed by atoms with van der Waals surface area (Å²) >= 11 is 0. The molecule has 0 aliphatic rings. The second-order valence-corrected chi connectivity index (χ2v) is 17.9. The molecule has 0 aromatic rings. The quantitative estimate of drug-likeness (QED) is 0.0234. The van der Waals surface area contributed by atoms with Gasteiger partial charge in [-0.25, -0.2) is 4.57 Å². The molecule has 0 heterocycles. The fourth-order valence-corrected chi connectivity index (χ4v) is 7.72. The minimum atomic E-state index is -4.62. The third kappa shape index (κ3) is 42.8. The summed E-state index contributed by atoms with van der Waals surface area (Å²) < 4.78 is 32.8. The third-order valence-corrected chi connectivity index (χ3v) is 11.6. The topological polar surface area (TPSA) is 149 Å². The number of carbonyl (C=O) groups is 2. The molecule has 0 saturated heterocycles. The average molecular weight is 847 g/mol. The molecule has 0 rings (SSSR count). The van der Waals surface area contributed by atoms with E-state index in [1.54, 1.807) is 0 Å². The van der Waals surface area contributed by atoms with E-state index in [0.29, 0.717) is 12.8 Å². The van der Waals surface area contributed by atoms with Crippen molar-refractivity contribution in [2.75, 3.05) is 26.4 Å². The molecule has 0 aromatic carbocycles. The van der Waals surface area contributed by atoms with Crippen LogP contribution < -0.4 is 0 Å². The molecule has 0 aliphatic carbocycles. The maximum atomic E-state index is 12.6. The fraction of sp³-hybridized carbons (Fsp3) is 0.915. The van der Waals surface area contributed by atoms with Gasteiger partial charge in [0.2, 0.25) is 0 Å². The van der Waals surface area contributed by atoms with Gasteiger partial charge in [-0.2, -0.15) is 0 Å². The van der Waals surface area contributed by atoms with E-state index in [-0.39, 0.29) is 19.4 Å². The minimum Gasteiger partial charge on any atom is -0.462 e. The minimum absolute atomic E-state index is 0.178. The lowest BCUT2D eigenvalue weighted by Crippen LogP contribution is -2.29. The normalized spacial score (nSPS) is 13.8. The molecule has 10 nitrogen and oxygen atoms in total. The zero-order valence-corrected chi connectivity index (χ0v) is 38.4. The Bertz CT molecular complexity index is 977. The van der Waals surface area contributed by atoms with Crippen LogP contribution in [-0.2, 0) is 32.7 Å². The highest BCUT2D eigenvalue weighted by Gasteiger charge is 2.27. The van der Waals surface area contributed by atoms with Crippen molar-refractivity contribution in [3.63, 3.8) is 0 Å². The number of ether oxygens (including phenoxy) is 2. The van der Waals surface area contributed by atoms with Crippen LogP contribution in [0.3, 0.4) is 0 Å². The van der Waals surface area contributed by atoms with E-state index in [1.165, 1.54) is 148 Å². The molecular formula is C47H91O10P. The van der Waals surface area contributed by atoms with E-state index in [2.05, 4.69) is 26.0 Å². The smallest absolute Gasteiger partial charge is 0.462 e. The number of hydrogen-bond acceptors (Lipinski definition) is 9. The van der Waals surface area contributed by atoms with Crippen molar-refractivity contribution in [1.29, 1.82) is 0 Å². The Balaban J connectivity index is 4.12. The van der Waals surface area contributed by atoms with Gasteiger partial charge in [-0.3, -0.25) is 18.6 Å². The molecule has 3 N–H and O–H groups in total. The lowest BCUT2D eigenvalue weighted by Gasteiger charge is -2.20. The number of esters is 2. The van der Waals surface area contributed by atoms with Crippen LogP contribution in [0.2, 0.25) is 0 Å². The number of unbranched alkanes of at least 4 members (excludes halogenated alkanes) is 30. The number of rotatable bonds is 46. The third-order valence-electron chi connectivity index (χ3n) is 10.7. The van der Waals surface area contributed by atoms with Crippen molar-refractivity contribution >= 4 is 19.8 Å². The van der Waals surface area contributed by atoms with Crippen LogP contribution in [0, 0.1) is 0 Å². The summed E-state index contributed by atoms with van der Waals surface area (Å²) in [7, 11) is -4.62. The van der Waals surface area contributed by atoms with Gasteiger partial charge in [0.15, 0.2) is 6.10 Å². The van der Waals surface area contributed by atoms with E-state index in [0.717, 1.165) is 51.4 Å². The monoisotopic (exact) mass is 847 g/mol. The molecule has 0 radical (unpaired) electrons. The Kier molecular flexibility index (Phi) is 42.8. The summed E-state index contributed by atoms with van der Waals surface area (Å²) in [4.78, 5) is 35.0. The highest BCUT2D eigenvalue weighted by atomic mass is 31.2. The first-order valence-corrected chi connectivity index (χ1v) is 25.6. The first-order valence-electron chi connectivity index (χ1n) is 24.1. The molecule has 58 heavy (non-hydrogen) atoms. The van der Waals surface area contributed by atoms with Crippen LogP contribution >= 0.6 is 7.82 Å². The number of phosphoric ester groups is 1. The average Bonchev–Trinajstić information content (AvgIpc) is 3.21. The largest absolute Gasteiger partial charge is 0.472 e. The molecule has 0 aromatic heterocycles. The molecule has 0 amide bonds. The zero-order valence-electron chi connectivity index (χ0n) is 37.5. The summed E-state index contributed by atoms with van der Waals surface area (Å²) in [6, 6.07) is 0. The van der Waals surface area contributed by atoms with Gasteiger partial charge >= 0.3 is 19.8 Å². The number of aliphatic hydroxyl groups excluding tert-OH is 2. The van der Waals surface area contributed by atoms with Gasteiger partial charge in [0.25, 0.3) is 0 Å². The van der Waals surface area contributed by atoms with Crippen molar-refractivity contribution in [3.8, 4) is 0 Å². The first-order chi connectivity index (χ1) is 28.2. The Hall–Kier alpha value is -1.29. The summed E-state index contributed by atoms with van der Waals surface area (Å²) in [5.74, 6) is -0.922. The molecule has 0 spiro atoms. The highest BCUT2D eigenvalue weighted by Crippen LogP contribution is 2.43. The molecule has 0 aliphatic heterocycles. The second-order valence-electron chi connectivity index (χ2n) is 16.5. The van der Waals surface area contributed by atoms with E-state index < -0.39 is 51.8 Å². The van der Waals surface area contributed by atoms with Crippen LogP contribution in [0.5, 0.6) is 0 Å². The number of allylic oxidation sites excluding steroid dienone is 2. The van der Waals surface area contributed by atoms with Crippen molar-refractivity contribution in [1.82, 2.24) is 0 Å². The van der Waals surface area contributed by atoms with Gasteiger partial charge in [0.05, 0.1) is 19.8 Å². The summed E-state index contributed by atoms with van der Waals surface area (Å²) in [6.45, 7) is 2.40. The Morgan fingerprint density at radius 3 is 1.26 bits per heavy atom. The molecule has 344 valence electrons. The predicted octanol–water partition coefficient (Wildman–Crippen LogP) is 13.2. The summed E-state index contributed by atoms with van der Waals surface area (Å²) in [5, 5.41) is 18.3. The van der Waals surface area contributed by atoms with Gasteiger partial charge in [-0.05, 0) is 38.5 Å². The number of phosphoric acid groups is 1. The van der Waals surface area contributed by atoms with Crippen molar-refractivity contribution in [2.45, 2.75) is 251 Å². The molecule has 11 heteroatoms. The molecule has 1 unspecified atom stereocenters. The fourth-order valence-electron chi connectivity index (χ4n) is 6.93. The zero-order chi connectivity index (χ0) is 42.6. The maximum absolute atomic E-state index is 12.6. The van der Waals surface area contributed by atoms with Gasteiger partial charge in [0, 0.05) is 12.8 Å². The van der Waals surface area contributed by atoms with Gasteiger partial charge in [-0.1, -0.05) is 199 Å². The van der Waals surface area contributed by atoms with E-state index in [4.69, 9.17) is 23.6 Å². The standard InChI is InChI=1S/C47H91O10P/c1-3-5-7-9-11-13-15-17-18-19-20-21-22-23-24-25-27-28-30-32-34-36-38-46(50)54-42-45(43-56-58(52,53)55-41-44(49)40-48)57-47(51)39-37-35-33-31-29-26-16-14-12-10-8-6-4-2/h14,16,44-45,48-49H,3-13,15,17-43H2,1-2H3,(H,52,53)/b16-14+/t44-,45-/m1/s1. The highest BCUT2D eigenvalue weighted by molar-refractivity contribution is 7.47. The molecule has 3 atom stereocenters. The van der Waals surface area contributed by atoms with Crippen LogP contribution in [-0.4, -0.2) is 65.7 Å². The van der Waals surface area contributed by atoms with E-state index >= 15 is 0 Å². The van der Waals surface area contributed by atoms with Crippen molar-refractivity contribution in [2.24, 2.45) is 0 Å². The van der Waals surface area contributed by atoms with Gasteiger partial charge in [-0.15, -0.1) is 0 Å². The van der Waals surface area contributed by atoms with E-state index in [9.17, 15) is 24.2 Å². The van der Waals surface area contributed by atoms with Gasteiger partial charge < -0.3 is 24.6 Å². The van der Waals surface area contributed by atoms with Crippen molar-refractivity contribution < 1.29 is 47.8 Å². The van der Waals surface area contributed by atoms with Crippen LogP contribution in [0.15, 0.2) is 12.2 Å². The number of hydrogen-bond donors (Lipinski definition) is 3. The Morgan fingerprint density at radius 2 is 0.845 bits per heavy atom. The maximum Gasteiger partial charge on any atom is 0.472 e. The van der Waals surface area contributed by atoms with Crippen LogP contribution in [0.25, 0.3) is 0 Å². The summed E-state index contributed by atoms with van der Waals surface area (Å²) in [5.41, 5.74) is 0. The molecule has 0 bridgehead atoms. The molecule has 0 fully saturated rings. The second kappa shape index (κ2) is 43.8. The number of aliphatic hydroxyl groups is 2. The Labute approximate surface area is 356 Å². The molecular weight excluding hydrogens is 755 g/mol. The van der Waals surface area contributed by atoms with Crippen LogP contribution in [0.4, 0.5) is 0 Å².